The number of amides is 4. The molecule has 0 radical (unpaired) electrons. The Morgan fingerprint density at radius 2 is 1.38 bits per heavy atom. The molecular weight excluding hydrogens is 765 g/mol. The molecule has 0 unspecified atom stereocenters. The summed E-state index contributed by atoms with van der Waals surface area (Å²) in [6.45, 7) is 11.2. The lowest BCUT2D eigenvalue weighted by Crippen LogP contribution is -2.51. The van der Waals surface area contributed by atoms with Crippen LogP contribution in [-0.4, -0.2) is 107 Å². The van der Waals surface area contributed by atoms with Gasteiger partial charge in [-0.15, -0.1) is 0 Å². The van der Waals surface area contributed by atoms with Gasteiger partial charge in [0.1, 0.15) is 23.7 Å². The van der Waals surface area contributed by atoms with Gasteiger partial charge in [-0.05, 0) is 66.7 Å². The molecule has 5 atom stereocenters. The van der Waals surface area contributed by atoms with E-state index in [-0.39, 0.29) is 41.7 Å². The number of methoxy groups -OCH3 is 3. The zero-order valence-corrected chi connectivity index (χ0v) is 35.6. The van der Waals surface area contributed by atoms with E-state index in [1.54, 1.807) is 7.11 Å². The highest BCUT2D eigenvalue weighted by atomic mass is 16.5. The standard InChI is InChI=1S/C45H56N8O7/c1-24(2)36(50-44(56)59-7)42(54)52-19-9-10-34(52)40-46-26(5)38(48-40)29-13-11-28(12-14-29)30-15-17-32-31(21-30)16-18-33-39(32)49-41(47-33)35-20-27(23-58-6)22-53(35)43(55)37(25(3)4)51-45(57)60-8/h11-18,21,24-25,27,34-37H,9-10,19-20,22-23H2,1-8H3,(H,46,48)(H,47,49)(H,50,56)(H,51,57)/t27-,34-,35-,36-,37-/m0/s1. The summed E-state index contributed by atoms with van der Waals surface area (Å²) in [4.78, 5) is 72.6. The number of fused-ring (bicyclic) bond motifs is 3. The fourth-order valence-electron chi connectivity index (χ4n) is 8.75. The maximum Gasteiger partial charge on any atom is 0.407 e. The Morgan fingerprint density at radius 3 is 2.02 bits per heavy atom. The van der Waals surface area contributed by atoms with E-state index in [2.05, 4.69) is 69.1 Å². The predicted octanol–water partition coefficient (Wildman–Crippen LogP) is 7.04. The van der Waals surface area contributed by atoms with E-state index in [0.717, 1.165) is 68.6 Å². The molecule has 4 N–H and O–H groups in total. The zero-order chi connectivity index (χ0) is 42.8. The van der Waals surface area contributed by atoms with Crippen molar-refractivity contribution in [1.82, 2.24) is 40.4 Å². The van der Waals surface area contributed by atoms with Gasteiger partial charge in [0.25, 0.3) is 0 Å². The highest BCUT2D eigenvalue weighted by molar-refractivity contribution is 6.05. The largest absolute Gasteiger partial charge is 0.453 e. The molecule has 5 aromatic rings. The maximum atomic E-state index is 14.0. The number of nitrogens with zero attached hydrogens (tertiary/aromatic N) is 4. The van der Waals surface area contributed by atoms with E-state index >= 15 is 0 Å². The molecule has 3 aromatic carbocycles. The van der Waals surface area contributed by atoms with Crippen molar-refractivity contribution in [3.63, 3.8) is 0 Å². The number of likely N-dealkylation sites (tertiary alicyclic amines) is 2. The zero-order valence-electron chi connectivity index (χ0n) is 35.6. The van der Waals surface area contributed by atoms with Crippen LogP contribution >= 0.6 is 0 Å². The summed E-state index contributed by atoms with van der Waals surface area (Å²) in [5, 5.41) is 7.47. The third-order valence-corrected chi connectivity index (χ3v) is 11.9. The van der Waals surface area contributed by atoms with Gasteiger partial charge in [0.05, 0.1) is 49.6 Å². The molecule has 15 heteroatoms. The number of imidazole rings is 2. The second kappa shape index (κ2) is 17.7. The van der Waals surface area contributed by atoms with Crippen molar-refractivity contribution >= 4 is 45.8 Å². The lowest BCUT2D eigenvalue weighted by molar-refractivity contribution is -0.136. The molecule has 4 amide bonds. The van der Waals surface area contributed by atoms with Crippen molar-refractivity contribution in [3.05, 3.63) is 71.9 Å². The van der Waals surface area contributed by atoms with Gasteiger partial charge in [-0.25, -0.2) is 19.6 Å². The number of aromatic nitrogens is 4. The van der Waals surface area contributed by atoms with Crippen molar-refractivity contribution in [1.29, 1.82) is 0 Å². The molecule has 2 aliphatic heterocycles. The SMILES string of the molecule is COC[C@H]1C[C@@H](c2nc3c(ccc4cc(-c5ccc(-c6nc([C@@H]7CCCN7C(=O)[C@@H](NC(=O)OC)C(C)C)[nH]c6C)cc5)ccc43)[nH]2)N(C(=O)[C@@H](NC(=O)OC)C(C)C)C1. The Balaban J connectivity index is 1.11. The Hall–Kier alpha value is -5.96. The fraction of sp³-hybridized carbons (Fsp3) is 0.467. The van der Waals surface area contributed by atoms with E-state index in [1.807, 2.05) is 50.5 Å². The van der Waals surface area contributed by atoms with Crippen LogP contribution in [0, 0.1) is 24.7 Å². The quantitative estimate of drug-likeness (QED) is 0.103. The van der Waals surface area contributed by atoms with Crippen LogP contribution in [0.15, 0.2) is 54.6 Å². The topological polar surface area (TPSA) is 184 Å². The Morgan fingerprint density at radius 1 is 0.767 bits per heavy atom. The van der Waals surface area contributed by atoms with Crippen molar-refractivity contribution in [2.75, 3.05) is 41.0 Å². The number of ether oxygens (including phenoxy) is 3. The molecule has 2 aliphatic rings. The highest BCUT2D eigenvalue weighted by Gasteiger charge is 2.42. The van der Waals surface area contributed by atoms with Crippen LogP contribution in [0.3, 0.4) is 0 Å². The number of carbonyl (C=O) groups is 4. The van der Waals surface area contributed by atoms with Crippen molar-refractivity contribution in [3.8, 4) is 22.4 Å². The molecule has 2 fully saturated rings. The molecule has 2 saturated heterocycles. The minimum atomic E-state index is -0.748. The summed E-state index contributed by atoms with van der Waals surface area (Å²) in [5.74, 6) is 0.957. The minimum Gasteiger partial charge on any atom is -0.453 e. The van der Waals surface area contributed by atoms with Gasteiger partial charge in [0.15, 0.2) is 0 Å². The molecule has 7 rings (SSSR count). The second-order valence-corrected chi connectivity index (χ2v) is 16.7. The molecule has 2 aromatic heterocycles. The molecule has 0 spiro atoms. The van der Waals surface area contributed by atoms with E-state index in [9.17, 15) is 19.2 Å². The summed E-state index contributed by atoms with van der Waals surface area (Å²) >= 11 is 0. The number of hydrogen-bond donors (Lipinski definition) is 4. The smallest absolute Gasteiger partial charge is 0.407 e. The molecule has 4 heterocycles. The maximum absolute atomic E-state index is 14.0. The van der Waals surface area contributed by atoms with Crippen LogP contribution in [0.4, 0.5) is 9.59 Å². The minimum absolute atomic E-state index is 0.113. The number of hydrogen-bond acceptors (Lipinski definition) is 9. The monoisotopic (exact) mass is 820 g/mol. The summed E-state index contributed by atoms with van der Waals surface area (Å²) in [5.41, 5.74) is 6.50. The first-order valence-electron chi connectivity index (χ1n) is 20.7. The van der Waals surface area contributed by atoms with E-state index in [0.29, 0.717) is 31.9 Å². The van der Waals surface area contributed by atoms with Gasteiger partial charge in [-0.1, -0.05) is 70.2 Å². The summed E-state index contributed by atoms with van der Waals surface area (Å²) in [7, 11) is 4.24. The highest BCUT2D eigenvalue weighted by Crippen LogP contribution is 2.38. The number of aromatic amines is 2. The molecular formula is C45H56N8O7. The molecule has 60 heavy (non-hydrogen) atoms. The van der Waals surface area contributed by atoms with Gasteiger partial charge < -0.3 is 44.6 Å². The van der Waals surface area contributed by atoms with Crippen LogP contribution in [-0.2, 0) is 23.8 Å². The Kier molecular flexibility index (Phi) is 12.5. The van der Waals surface area contributed by atoms with Crippen molar-refractivity contribution < 1.29 is 33.4 Å². The van der Waals surface area contributed by atoms with E-state index in [1.165, 1.54) is 14.2 Å². The first-order valence-corrected chi connectivity index (χ1v) is 20.7. The summed E-state index contributed by atoms with van der Waals surface area (Å²) in [6, 6.07) is 16.8. The normalized spacial score (nSPS) is 19.0. The summed E-state index contributed by atoms with van der Waals surface area (Å²) in [6.07, 6.45) is 1.02. The predicted molar refractivity (Wildman–Crippen MR) is 228 cm³/mol. The third-order valence-electron chi connectivity index (χ3n) is 11.9. The van der Waals surface area contributed by atoms with Gasteiger partial charge >= 0.3 is 12.2 Å². The number of alkyl carbamates (subject to hydrolysis) is 2. The van der Waals surface area contributed by atoms with Crippen molar-refractivity contribution in [2.24, 2.45) is 17.8 Å². The molecule has 15 nitrogen and oxygen atoms in total. The molecule has 0 bridgehead atoms. The first-order chi connectivity index (χ1) is 28.8. The van der Waals surface area contributed by atoms with Crippen LogP contribution in [0.1, 0.15) is 76.4 Å². The van der Waals surface area contributed by atoms with Gasteiger partial charge in [-0.2, -0.15) is 0 Å². The number of benzene rings is 3. The fourth-order valence-corrected chi connectivity index (χ4v) is 8.75. The molecule has 318 valence electrons. The first kappa shape index (κ1) is 42.2. The molecule has 0 saturated carbocycles. The number of carbonyl (C=O) groups excluding carboxylic acids is 4. The van der Waals surface area contributed by atoms with Crippen molar-refractivity contribution in [2.45, 2.75) is 78.0 Å². The van der Waals surface area contributed by atoms with Crippen LogP contribution in [0.2, 0.25) is 0 Å². The Labute approximate surface area is 349 Å². The second-order valence-electron chi connectivity index (χ2n) is 16.7. The lowest BCUT2D eigenvalue weighted by Gasteiger charge is -2.30. The lowest BCUT2D eigenvalue weighted by atomic mass is 9.99. The van der Waals surface area contributed by atoms with Crippen LogP contribution in [0.25, 0.3) is 44.2 Å². The molecule has 0 aliphatic carbocycles. The average Bonchev–Trinajstić information content (AvgIpc) is 4.06. The van der Waals surface area contributed by atoms with E-state index in [4.69, 9.17) is 24.2 Å². The number of H-pyrrole nitrogens is 2. The number of rotatable bonds is 12. The number of nitrogens with one attached hydrogen (secondary N) is 4. The third kappa shape index (κ3) is 8.40. The van der Waals surface area contributed by atoms with Gasteiger partial charge in [0, 0.05) is 42.8 Å². The van der Waals surface area contributed by atoms with Crippen LogP contribution < -0.4 is 10.6 Å². The summed E-state index contributed by atoms with van der Waals surface area (Å²) < 4.78 is 15.1. The van der Waals surface area contributed by atoms with Gasteiger partial charge in [0.2, 0.25) is 11.8 Å². The Bertz CT molecular complexity index is 2370. The number of aryl methyl sites for hydroxylation is 1. The average molecular weight is 821 g/mol. The van der Waals surface area contributed by atoms with Crippen LogP contribution in [0.5, 0.6) is 0 Å². The van der Waals surface area contributed by atoms with Gasteiger partial charge in [-0.3, -0.25) is 9.59 Å². The van der Waals surface area contributed by atoms with E-state index < -0.39 is 24.3 Å².